The van der Waals surface area contributed by atoms with Crippen LogP contribution in [0.2, 0.25) is 0 Å². The first kappa shape index (κ1) is 18.1. The lowest BCUT2D eigenvalue weighted by atomic mass is 9.99. The highest BCUT2D eigenvalue weighted by atomic mass is 32.2. The maximum Gasteiger partial charge on any atom is 0.227 e. The fourth-order valence-electron chi connectivity index (χ4n) is 2.31. The molecule has 0 bridgehead atoms. The van der Waals surface area contributed by atoms with Gasteiger partial charge in [-0.25, -0.2) is 12.8 Å². The van der Waals surface area contributed by atoms with Gasteiger partial charge in [-0.1, -0.05) is 31.2 Å². The lowest BCUT2D eigenvalue weighted by Gasteiger charge is -2.15. The zero-order chi connectivity index (χ0) is 17.9. The largest absolute Gasteiger partial charge is 0.326 e. The second kappa shape index (κ2) is 7.13. The first-order valence-electron chi connectivity index (χ1n) is 7.53. The van der Waals surface area contributed by atoms with Crippen molar-refractivity contribution in [1.82, 2.24) is 0 Å². The smallest absolute Gasteiger partial charge is 0.227 e. The molecule has 0 aliphatic heterocycles. The summed E-state index contributed by atoms with van der Waals surface area (Å²) in [7, 11) is -3.35. The number of halogens is 1. The molecular weight excluding hydrogens is 329 g/mol. The summed E-state index contributed by atoms with van der Waals surface area (Å²) in [4.78, 5) is 12.5. The standard InChI is InChI=1S/C18H20FNO3S/c1-12-8-9-15(24(3,22)23)11-17(12)20-18(21)13(2)10-14-6-4-5-7-16(14)19/h4-9,11,13H,10H2,1-3H3,(H,20,21)/t13-/m1/s1. The van der Waals surface area contributed by atoms with Gasteiger partial charge in [-0.2, -0.15) is 0 Å². The Kier molecular flexibility index (Phi) is 5.39. The highest BCUT2D eigenvalue weighted by Crippen LogP contribution is 2.21. The van der Waals surface area contributed by atoms with Crippen molar-refractivity contribution >= 4 is 21.4 Å². The number of sulfone groups is 1. The maximum absolute atomic E-state index is 13.7. The normalized spacial score (nSPS) is 12.7. The number of rotatable bonds is 5. The monoisotopic (exact) mass is 349 g/mol. The van der Waals surface area contributed by atoms with Crippen LogP contribution < -0.4 is 5.32 Å². The first-order chi connectivity index (χ1) is 11.2. The molecule has 2 aromatic rings. The Bertz CT molecular complexity index is 862. The molecule has 0 aliphatic rings. The molecule has 24 heavy (non-hydrogen) atoms. The molecule has 6 heteroatoms. The molecule has 128 valence electrons. The molecular formula is C18H20FNO3S. The van der Waals surface area contributed by atoms with Gasteiger partial charge in [0, 0.05) is 17.9 Å². The van der Waals surface area contributed by atoms with Crippen molar-refractivity contribution in [3.05, 3.63) is 59.4 Å². The fraction of sp³-hybridized carbons (Fsp3) is 0.278. The summed E-state index contributed by atoms with van der Waals surface area (Å²) in [5.41, 5.74) is 1.68. The number of aryl methyl sites for hydroxylation is 1. The van der Waals surface area contributed by atoms with Crippen molar-refractivity contribution in [3.63, 3.8) is 0 Å². The summed E-state index contributed by atoms with van der Waals surface area (Å²) < 4.78 is 37.0. The van der Waals surface area contributed by atoms with E-state index in [1.807, 2.05) is 0 Å². The van der Waals surface area contributed by atoms with Gasteiger partial charge in [-0.3, -0.25) is 4.79 Å². The summed E-state index contributed by atoms with van der Waals surface area (Å²) in [6.07, 6.45) is 1.38. The summed E-state index contributed by atoms with van der Waals surface area (Å²) in [6, 6.07) is 10.9. The molecule has 0 spiro atoms. The minimum absolute atomic E-state index is 0.144. The predicted octanol–water partition coefficient (Wildman–Crippen LogP) is 3.35. The molecule has 1 N–H and O–H groups in total. The molecule has 4 nitrogen and oxygen atoms in total. The zero-order valence-corrected chi connectivity index (χ0v) is 14.7. The fourth-order valence-corrected chi connectivity index (χ4v) is 2.96. The van der Waals surface area contributed by atoms with Crippen LogP contribution in [0.5, 0.6) is 0 Å². The first-order valence-corrected chi connectivity index (χ1v) is 9.42. The Morgan fingerprint density at radius 3 is 2.50 bits per heavy atom. The van der Waals surface area contributed by atoms with Crippen LogP contribution in [-0.4, -0.2) is 20.6 Å². The van der Waals surface area contributed by atoms with Gasteiger partial charge in [-0.15, -0.1) is 0 Å². The Balaban J connectivity index is 2.16. The molecule has 0 fully saturated rings. The Labute approximate surface area is 141 Å². The van der Waals surface area contributed by atoms with E-state index in [4.69, 9.17) is 0 Å². The number of benzene rings is 2. The number of amides is 1. The highest BCUT2D eigenvalue weighted by molar-refractivity contribution is 7.90. The zero-order valence-electron chi connectivity index (χ0n) is 13.8. The van der Waals surface area contributed by atoms with Crippen molar-refractivity contribution in [1.29, 1.82) is 0 Å². The molecule has 0 saturated carbocycles. The molecule has 0 heterocycles. The van der Waals surface area contributed by atoms with Crippen molar-refractivity contribution in [2.45, 2.75) is 25.2 Å². The lowest BCUT2D eigenvalue weighted by molar-refractivity contribution is -0.119. The van der Waals surface area contributed by atoms with Crippen molar-refractivity contribution in [3.8, 4) is 0 Å². The number of nitrogens with one attached hydrogen (secondary N) is 1. The maximum atomic E-state index is 13.7. The SMILES string of the molecule is Cc1ccc(S(C)(=O)=O)cc1NC(=O)[C@H](C)Cc1ccccc1F. The van der Waals surface area contributed by atoms with Gasteiger partial charge < -0.3 is 5.32 Å². The average molecular weight is 349 g/mol. The van der Waals surface area contributed by atoms with Crippen LogP contribution in [0.3, 0.4) is 0 Å². The summed E-state index contributed by atoms with van der Waals surface area (Å²) in [5.74, 6) is -1.08. The van der Waals surface area contributed by atoms with Crippen LogP contribution in [0.4, 0.5) is 10.1 Å². The van der Waals surface area contributed by atoms with E-state index >= 15 is 0 Å². The van der Waals surface area contributed by atoms with Crippen molar-refractivity contribution in [2.24, 2.45) is 5.92 Å². The molecule has 0 radical (unpaired) electrons. The number of carbonyl (C=O) groups is 1. The van der Waals surface area contributed by atoms with Gasteiger partial charge in [0.25, 0.3) is 0 Å². The van der Waals surface area contributed by atoms with E-state index in [9.17, 15) is 17.6 Å². The van der Waals surface area contributed by atoms with Gasteiger partial charge in [0.2, 0.25) is 5.91 Å². The number of hydrogen-bond acceptors (Lipinski definition) is 3. The number of anilines is 1. The number of carbonyl (C=O) groups excluding carboxylic acids is 1. The van der Waals surface area contributed by atoms with Gasteiger partial charge >= 0.3 is 0 Å². The third-order valence-corrected chi connectivity index (χ3v) is 4.94. The Morgan fingerprint density at radius 1 is 1.21 bits per heavy atom. The molecule has 2 aromatic carbocycles. The van der Waals surface area contributed by atoms with Crippen molar-refractivity contribution in [2.75, 3.05) is 11.6 Å². The summed E-state index contributed by atoms with van der Waals surface area (Å²) in [5, 5.41) is 2.74. The third-order valence-electron chi connectivity index (χ3n) is 3.83. The molecule has 1 amide bonds. The minimum Gasteiger partial charge on any atom is -0.326 e. The molecule has 0 aliphatic carbocycles. The second-order valence-electron chi connectivity index (χ2n) is 5.93. The van der Waals surface area contributed by atoms with Crippen LogP contribution in [0.1, 0.15) is 18.1 Å². The quantitative estimate of drug-likeness (QED) is 0.900. The van der Waals surface area contributed by atoms with E-state index in [0.717, 1.165) is 11.8 Å². The van der Waals surface area contributed by atoms with E-state index in [2.05, 4.69) is 5.32 Å². The Morgan fingerprint density at radius 2 is 1.88 bits per heavy atom. The van der Waals surface area contributed by atoms with E-state index < -0.39 is 15.8 Å². The van der Waals surface area contributed by atoms with E-state index in [-0.39, 0.29) is 23.0 Å². The summed E-state index contributed by atoms with van der Waals surface area (Å²) in [6.45, 7) is 3.49. The molecule has 1 atom stereocenters. The molecule has 2 rings (SSSR count). The minimum atomic E-state index is -3.35. The number of hydrogen-bond donors (Lipinski definition) is 1. The van der Waals surface area contributed by atoms with Gasteiger partial charge in [-0.05, 0) is 42.7 Å². The van der Waals surface area contributed by atoms with Crippen LogP contribution in [-0.2, 0) is 21.1 Å². The van der Waals surface area contributed by atoms with E-state index in [0.29, 0.717) is 11.3 Å². The van der Waals surface area contributed by atoms with Crippen LogP contribution >= 0.6 is 0 Å². The second-order valence-corrected chi connectivity index (χ2v) is 7.95. The lowest BCUT2D eigenvalue weighted by Crippen LogP contribution is -2.23. The van der Waals surface area contributed by atoms with Gasteiger partial charge in [0.15, 0.2) is 9.84 Å². The highest BCUT2D eigenvalue weighted by Gasteiger charge is 2.17. The Hall–Kier alpha value is -2.21. The predicted molar refractivity (Wildman–Crippen MR) is 92.2 cm³/mol. The van der Waals surface area contributed by atoms with Gasteiger partial charge in [0.1, 0.15) is 5.82 Å². The third kappa shape index (κ3) is 4.41. The molecule has 0 aromatic heterocycles. The van der Waals surface area contributed by atoms with Crippen LogP contribution in [0, 0.1) is 18.7 Å². The molecule has 0 unspecified atom stereocenters. The van der Waals surface area contributed by atoms with E-state index in [1.54, 1.807) is 38.1 Å². The van der Waals surface area contributed by atoms with Crippen LogP contribution in [0.25, 0.3) is 0 Å². The summed E-state index contributed by atoms with van der Waals surface area (Å²) >= 11 is 0. The van der Waals surface area contributed by atoms with Crippen molar-refractivity contribution < 1.29 is 17.6 Å². The topological polar surface area (TPSA) is 63.2 Å². The van der Waals surface area contributed by atoms with Crippen LogP contribution in [0.15, 0.2) is 47.4 Å². The van der Waals surface area contributed by atoms with Gasteiger partial charge in [0.05, 0.1) is 4.90 Å². The average Bonchev–Trinajstić information content (AvgIpc) is 2.50. The van der Waals surface area contributed by atoms with E-state index in [1.165, 1.54) is 18.2 Å². The molecule has 0 saturated heterocycles.